The van der Waals surface area contributed by atoms with Crippen LogP contribution in [-0.2, 0) is 19.9 Å². The fraction of sp³-hybridized carbons (Fsp3) is 0.478. The number of sulfone groups is 1. The van der Waals surface area contributed by atoms with E-state index in [4.69, 9.17) is 4.74 Å². The maximum Gasteiger partial charge on any atom is 0.226 e. The van der Waals surface area contributed by atoms with Crippen LogP contribution in [0.25, 0.3) is 16.7 Å². The van der Waals surface area contributed by atoms with Crippen molar-refractivity contribution in [2.75, 3.05) is 6.26 Å². The Kier molecular flexibility index (Phi) is 5.21. The summed E-state index contributed by atoms with van der Waals surface area (Å²) in [5, 5.41) is 0.385. The van der Waals surface area contributed by atoms with Crippen LogP contribution in [0.15, 0.2) is 41.7 Å². The lowest BCUT2D eigenvalue weighted by Gasteiger charge is -2.37. The average Bonchev–Trinajstić information content (AvgIpc) is 3.51. The summed E-state index contributed by atoms with van der Waals surface area (Å²) in [7, 11) is -6.75. The molecular formula is C23H25FN4O5S2. The molecule has 1 aliphatic carbocycles. The highest BCUT2D eigenvalue weighted by atomic mass is 32.2. The predicted molar refractivity (Wildman–Crippen MR) is 126 cm³/mol. The van der Waals surface area contributed by atoms with Crippen LogP contribution < -0.4 is 4.74 Å². The molecule has 3 atom stereocenters. The lowest BCUT2D eigenvalue weighted by atomic mass is 10.0. The first kappa shape index (κ1) is 22.9. The van der Waals surface area contributed by atoms with Crippen molar-refractivity contribution in [1.82, 2.24) is 18.8 Å². The predicted octanol–water partition coefficient (Wildman–Crippen LogP) is 2.83. The average molecular weight is 521 g/mol. The normalized spacial score (nSPS) is 25.3. The third-order valence-corrected chi connectivity index (χ3v) is 10.8. The molecule has 2 unspecified atom stereocenters. The van der Waals surface area contributed by atoms with Gasteiger partial charge in [0.25, 0.3) is 0 Å². The maximum absolute atomic E-state index is 14.8. The number of hydrogen-bond acceptors (Lipinski definition) is 7. The monoisotopic (exact) mass is 520 g/mol. The first-order valence-electron chi connectivity index (χ1n) is 11.6. The van der Waals surface area contributed by atoms with Crippen LogP contribution in [0.3, 0.4) is 0 Å². The van der Waals surface area contributed by atoms with Crippen molar-refractivity contribution in [1.29, 1.82) is 0 Å². The highest BCUT2D eigenvalue weighted by Gasteiger charge is 2.52. The molecule has 3 fully saturated rings. The first-order valence-corrected chi connectivity index (χ1v) is 15.0. The summed E-state index contributed by atoms with van der Waals surface area (Å²) >= 11 is 0. The molecule has 0 N–H and O–H groups in total. The second kappa shape index (κ2) is 7.97. The van der Waals surface area contributed by atoms with E-state index in [9.17, 15) is 21.2 Å². The van der Waals surface area contributed by atoms with Gasteiger partial charge in [-0.15, -0.1) is 0 Å². The van der Waals surface area contributed by atoms with Crippen molar-refractivity contribution >= 4 is 30.9 Å². The van der Waals surface area contributed by atoms with Crippen molar-refractivity contribution < 1.29 is 26.0 Å². The van der Waals surface area contributed by atoms with Crippen LogP contribution in [0.2, 0.25) is 0 Å². The fourth-order valence-corrected chi connectivity index (χ4v) is 8.34. The lowest BCUT2D eigenvalue weighted by Crippen LogP contribution is -2.50. The fourth-order valence-electron chi connectivity index (χ4n) is 5.42. The molecule has 0 spiro atoms. The van der Waals surface area contributed by atoms with Gasteiger partial charge in [0.05, 0.1) is 21.2 Å². The summed E-state index contributed by atoms with van der Waals surface area (Å²) in [6, 6.07) is 5.39. The molecule has 0 amide bonds. The first-order chi connectivity index (χ1) is 16.6. The summed E-state index contributed by atoms with van der Waals surface area (Å²) in [6.07, 6.45) is 8.25. The second-order valence-electron chi connectivity index (χ2n) is 9.66. The van der Waals surface area contributed by atoms with Gasteiger partial charge in [-0.1, -0.05) is 0 Å². The Hall–Kier alpha value is -2.57. The molecule has 6 rings (SSSR count). The Labute approximate surface area is 202 Å². The van der Waals surface area contributed by atoms with Crippen LogP contribution in [-0.4, -0.2) is 65.4 Å². The highest BCUT2D eigenvalue weighted by Crippen LogP contribution is 2.44. The number of sulfonamides is 1. The number of hydrogen-bond donors (Lipinski definition) is 0. The van der Waals surface area contributed by atoms with Gasteiger partial charge in [-0.25, -0.2) is 31.2 Å². The van der Waals surface area contributed by atoms with E-state index in [1.54, 1.807) is 16.6 Å². The molecule has 3 aromatic rings. The maximum atomic E-state index is 14.8. The van der Waals surface area contributed by atoms with E-state index in [-0.39, 0.29) is 34.0 Å². The number of piperidine rings is 1. The van der Waals surface area contributed by atoms with Gasteiger partial charge in [0.2, 0.25) is 15.9 Å². The summed E-state index contributed by atoms with van der Waals surface area (Å²) in [6.45, 7) is 0. The zero-order valence-corrected chi connectivity index (χ0v) is 20.7. The van der Waals surface area contributed by atoms with Crippen LogP contribution >= 0.6 is 0 Å². The van der Waals surface area contributed by atoms with E-state index >= 15 is 0 Å². The van der Waals surface area contributed by atoms with Crippen molar-refractivity contribution in [3.05, 3.63) is 42.6 Å². The molecule has 4 heterocycles. The van der Waals surface area contributed by atoms with Crippen LogP contribution in [0, 0.1) is 5.82 Å². The topological polar surface area (TPSA) is 111 Å². The molecule has 9 nitrogen and oxygen atoms in total. The Morgan fingerprint density at radius 1 is 1.00 bits per heavy atom. The van der Waals surface area contributed by atoms with Crippen molar-refractivity contribution in [3.8, 4) is 11.6 Å². The summed E-state index contributed by atoms with van der Waals surface area (Å²) in [5.74, 6) is -0.322. The van der Waals surface area contributed by atoms with Crippen LogP contribution in [0.5, 0.6) is 5.88 Å². The van der Waals surface area contributed by atoms with Crippen molar-refractivity contribution in [3.63, 3.8) is 0 Å². The molecule has 2 bridgehead atoms. The molecule has 186 valence electrons. The highest BCUT2D eigenvalue weighted by molar-refractivity contribution is 7.90. The molecule has 1 aromatic carbocycles. The van der Waals surface area contributed by atoms with E-state index in [1.807, 2.05) is 0 Å². The van der Waals surface area contributed by atoms with E-state index < -0.39 is 25.7 Å². The molecule has 35 heavy (non-hydrogen) atoms. The van der Waals surface area contributed by atoms with E-state index in [1.165, 1.54) is 23.0 Å². The number of rotatable bonds is 6. The van der Waals surface area contributed by atoms with Gasteiger partial charge < -0.3 is 4.74 Å². The molecule has 1 saturated carbocycles. The Morgan fingerprint density at radius 2 is 1.71 bits per heavy atom. The Morgan fingerprint density at radius 3 is 2.34 bits per heavy atom. The molecule has 3 aliphatic rings. The van der Waals surface area contributed by atoms with Gasteiger partial charge in [-0.3, -0.25) is 4.57 Å². The molecule has 2 saturated heterocycles. The minimum Gasteiger partial charge on any atom is -0.474 e. The summed E-state index contributed by atoms with van der Waals surface area (Å²) in [4.78, 5) is 8.50. The summed E-state index contributed by atoms with van der Waals surface area (Å²) < 4.78 is 73.6. The number of nitrogens with zero attached hydrogens (tertiary/aromatic N) is 4. The minimum absolute atomic E-state index is 0.0475. The van der Waals surface area contributed by atoms with Gasteiger partial charge in [-0.05, 0) is 49.9 Å². The smallest absolute Gasteiger partial charge is 0.226 e. The van der Waals surface area contributed by atoms with Gasteiger partial charge in [0.1, 0.15) is 18.2 Å². The zero-order valence-electron chi connectivity index (χ0n) is 19.0. The van der Waals surface area contributed by atoms with E-state index in [0.717, 1.165) is 38.0 Å². The van der Waals surface area contributed by atoms with Gasteiger partial charge in [-0.2, -0.15) is 4.31 Å². The van der Waals surface area contributed by atoms with Crippen LogP contribution in [0.4, 0.5) is 4.39 Å². The minimum atomic E-state index is -3.53. The third kappa shape index (κ3) is 3.91. The Bertz CT molecular complexity index is 1520. The molecule has 12 heteroatoms. The Balaban J connectivity index is 1.27. The standard InChI is InChI=1S/C23H25FN4O5S2/c1-34(29,30)18-6-7-21(20(24)12-18)27-9-8-19-22(27)25-13-26-23(19)33-16-10-14-2-3-15(11-16)28(14)35(31,32)17-4-5-17/h6-9,12-17H,2-5,10-11H2,1H3/t14-,15?,16?/m0/s1. The quantitative estimate of drug-likeness (QED) is 0.491. The number of benzene rings is 1. The second-order valence-corrected chi connectivity index (χ2v) is 13.8. The largest absolute Gasteiger partial charge is 0.474 e. The molecular weight excluding hydrogens is 495 g/mol. The van der Waals surface area contributed by atoms with Crippen molar-refractivity contribution in [2.24, 2.45) is 0 Å². The van der Waals surface area contributed by atoms with Gasteiger partial charge in [0, 0.05) is 37.4 Å². The lowest BCUT2D eigenvalue weighted by molar-refractivity contribution is 0.0930. The SMILES string of the molecule is CS(=O)(=O)c1ccc(-n2ccc3c(OC4CC5CC[C@@H](C4)N5S(=O)(=O)C4CC4)ncnc32)c(F)c1. The summed E-state index contributed by atoms with van der Waals surface area (Å²) in [5.41, 5.74) is 0.589. The zero-order chi connectivity index (χ0) is 24.5. The van der Waals surface area contributed by atoms with E-state index in [2.05, 4.69) is 9.97 Å². The van der Waals surface area contributed by atoms with Gasteiger partial charge in [0.15, 0.2) is 15.5 Å². The number of halogens is 1. The molecule has 0 radical (unpaired) electrons. The number of ether oxygens (including phenoxy) is 1. The van der Waals surface area contributed by atoms with Crippen molar-refractivity contribution in [2.45, 2.75) is 66.9 Å². The third-order valence-electron chi connectivity index (χ3n) is 7.19. The number of aromatic nitrogens is 3. The molecule has 2 aromatic heterocycles. The molecule has 2 aliphatic heterocycles. The van der Waals surface area contributed by atoms with E-state index in [0.29, 0.717) is 29.8 Å². The van der Waals surface area contributed by atoms with Gasteiger partial charge >= 0.3 is 0 Å². The number of fused-ring (bicyclic) bond motifs is 3. The van der Waals surface area contributed by atoms with Crippen LogP contribution in [0.1, 0.15) is 38.5 Å².